The summed E-state index contributed by atoms with van der Waals surface area (Å²) < 4.78 is 0.974. The van der Waals surface area contributed by atoms with Crippen molar-refractivity contribution in [2.45, 2.75) is 16.2 Å². The summed E-state index contributed by atoms with van der Waals surface area (Å²) in [6.07, 6.45) is 0. The Bertz CT molecular complexity index is 660. The summed E-state index contributed by atoms with van der Waals surface area (Å²) in [5.74, 6) is 0. The van der Waals surface area contributed by atoms with Gasteiger partial charge in [0.05, 0.1) is 0 Å². The molecule has 3 aromatic rings. The van der Waals surface area contributed by atoms with Crippen LogP contribution >= 0.6 is 23.1 Å². The van der Waals surface area contributed by atoms with Crippen LogP contribution in [0.3, 0.4) is 0 Å². The van der Waals surface area contributed by atoms with Crippen LogP contribution in [-0.4, -0.2) is 10.2 Å². The van der Waals surface area contributed by atoms with Gasteiger partial charge in [-0.05, 0) is 19.1 Å². The third-order valence-corrected chi connectivity index (χ3v) is 4.68. The van der Waals surface area contributed by atoms with Gasteiger partial charge in [-0.2, -0.15) is 0 Å². The molecule has 0 radical (unpaired) electrons. The molecule has 1 aromatic heterocycles. The molecule has 0 saturated carbocycles. The van der Waals surface area contributed by atoms with Gasteiger partial charge in [-0.25, -0.2) is 0 Å². The SMILES string of the molecule is Cc1ccc(-c2nnc(Sc3ccccc3)s2)cc1. The van der Waals surface area contributed by atoms with Crippen molar-refractivity contribution in [3.05, 3.63) is 60.2 Å². The lowest BCUT2D eigenvalue weighted by atomic mass is 10.2. The summed E-state index contributed by atoms with van der Waals surface area (Å²) in [5, 5.41) is 9.47. The zero-order valence-corrected chi connectivity index (χ0v) is 12.0. The van der Waals surface area contributed by atoms with Crippen molar-refractivity contribution < 1.29 is 0 Å². The first-order valence-corrected chi connectivity index (χ1v) is 7.58. The van der Waals surface area contributed by atoms with Crippen LogP contribution in [0, 0.1) is 6.92 Å². The summed E-state index contributed by atoms with van der Waals surface area (Å²) in [4.78, 5) is 1.19. The zero-order chi connectivity index (χ0) is 13.1. The number of aryl methyl sites for hydroxylation is 1. The van der Waals surface area contributed by atoms with Crippen molar-refractivity contribution in [3.8, 4) is 10.6 Å². The fourth-order valence-corrected chi connectivity index (χ4v) is 3.50. The van der Waals surface area contributed by atoms with E-state index in [4.69, 9.17) is 0 Å². The van der Waals surface area contributed by atoms with Gasteiger partial charge in [0, 0.05) is 10.5 Å². The highest BCUT2D eigenvalue weighted by Gasteiger charge is 2.07. The summed E-state index contributed by atoms with van der Waals surface area (Å²) in [6.45, 7) is 2.08. The Labute approximate surface area is 120 Å². The van der Waals surface area contributed by atoms with E-state index in [1.54, 1.807) is 23.1 Å². The quantitative estimate of drug-likeness (QED) is 0.699. The van der Waals surface area contributed by atoms with E-state index in [0.717, 1.165) is 14.9 Å². The fourth-order valence-electron chi connectivity index (χ4n) is 1.65. The number of rotatable bonds is 3. The van der Waals surface area contributed by atoms with Gasteiger partial charge in [-0.3, -0.25) is 0 Å². The molecule has 0 saturated heterocycles. The van der Waals surface area contributed by atoms with Gasteiger partial charge in [-0.1, -0.05) is 71.1 Å². The molecule has 2 nitrogen and oxygen atoms in total. The minimum atomic E-state index is 0.971. The molecule has 0 fully saturated rings. The highest BCUT2D eigenvalue weighted by Crippen LogP contribution is 2.33. The lowest BCUT2D eigenvalue weighted by Crippen LogP contribution is -1.77. The van der Waals surface area contributed by atoms with E-state index in [1.807, 2.05) is 18.2 Å². The van der Waals surface area contributed by atoms with Gasteiger partial charge in [-0.15, -0.1) is 10.2 Å². The second kappa shape index (κ2) is 5.55. The average molecular weight is 284 g/mol. The highest BCUT2D eigenvalue weighted by atomic mass is 32.2. The minimum Gasteiger partial charge on any atom is -0.137 e. The average Bonchev–Trinajstić information content (AvgIpc) is 2.89. The van der Waals surface area contributed by atoms with E-state index in [-0.39, 0.29) is 0 Å². The molecule has 0 unspecified atom stereocenters. The second-order valence-electron chi connectivity index (χ2n) is 4.15. The van der Waals surface area contributed by atoms with Crippen LogP contribution in [0.15, 0.2) is 63.8 Å². The molecule has 0 amide bonds. The Morgan fingerprint density at radius 3 is 2.37 bits per heavy atom. The molecule has 0 aliphatic heterocycles. The Morgan fingerprint density at radius 2 is 1.63 bits per heavy atom. The predicted octanol–water partition coefficient (Wildman–Crippen LogP) is 4.66. The summed E-state index contributed by atoms with van der Waals surface area (Å²) in [7, 11) is 0. The maximum Gasteiger partial charge on any atom is 0.179 e. The number of hydrogen-bond donors (Lipinski definition) is 0. The summed E-state index contributed by atoms with van der Waals surface area (Å²) in [5.41, 5.74) is 2.38. The molecular formula is C15H12N2S2. The first kappa shape index (κ1) is 12.4. The first-order valence-electron chi connectivity index (χ1n) is 5.95. The first-order chi connectivity index (χ1) is 9.31. The van der Waals surface area contributed by atoms with E-state index < -0.39 is 0 Å². The summed E-state index contributed by atoms with van der Waals surface area (Å²) >= 11 is 3.28. The molecule has 3 rings (SSSR count). The molecule has 4 heteroatoms. The predicted molar refractivity (Wildman–Crippen MR) is 80.6 cm³/mol. The van der Waals surface area contributed by atoms with Gasteiger partial charge in [0.1, 0.15) is 5.01 Å². The van der Waals surface area contributed by atoms with Crippen LogP contribution in [0.5, 0.6) is 0 Å². The molecule has 0 aliphatic rings. The van der Waals surface area contributed by atoms with E-state index in [2.05, 4.69) is 53.5 Å². The fraction of sp³-hybridized carbons (Fsp3) is 0.0667. The largest absolute Gasteiger partial charge is 0.179 e. The van der Waals surface area contributed by atoms with Crippen LogP contribution in [0.4, 0.5) is 0 Å². The van der Waals surface area contributed by atoms with Crippen LogP contribution in [-0.2, 0) is 0 Å². The summed E-state index contributed by atoms with van der Waals surface area (Å²) in [6, 6.07) is 18.6. The molecule has 0 atom stereocenters. The Hall–Kier alpha value is -1.65. The molecule has 94 valence electrons. The zero-order valence-electron chi connectivity index (χ0n) is 10.4. The Morgan fingerprint density at radius 1 is 0.895 bits per heavy atom. The van der Waals surface area contributed by atoms with E-state index in [9.17, 15) is 0 Å². The lowest BCUT2D eigenvalue weighted by Gasteiger charge is -1.96. The molecule has 0 aliphatic carbocycles. The van der Waals surface area contributed by atoms with E-state index in [0.29, 0.717) is 0 Å². The van der Waals surface area contributed by atoms with Crippen LogP contribution in [0.2, 0.25) is 0 Å². The number of hydrogen-bond acceptors (Lipinski definition) is 4. The molecule has 19 heavy (non-hydrogen) atoms. The van der Waals surface area contributed by atoms with Gasteiger partial charge in [0.15, 0.2) is 4.34 Å². The van der Waals surface area contributed by atoms with E-state index >= 15 is 0 Å². The molecule has 2 aromatic carbocycles. The maximum atomic E-state index is 4.26. The number of nitrogens with zero attached hydrogens (tertiary/aromatic N) is 2. The topological polar surface area (TPSA) is 25.8 Å². The van der Waals surface area contributed by atoms with Gasteiger partial charge in [0.25, 0.3) is 0 Å². The van der Waals surface area contributed by atoms with Crippen molar-refractivity contribution in [2.75, 3.05) is 0 Å². The highest BCUT2D eigenvalue weighted by molar-refractivity contribution is 8.01. The van der Waals surface area contributed by atoms with Gasteiger partial charge in [0.2, 0.25) is 0 Å². The van der Waals surface area contributed by atoms with Crippen molar-refractivity contribution in [3.63, 3.8) is 0 Å². The van der Waals surface area contributed by atoms with Crippen molar-refractivity contribution in [1.29, 1.82) is 0 Å². The van der Waals surface area contributed by atoms with Crippen LogP contribution < -0.4 is 0 Å². The van der Waals surface area contributed by atoms with Crippen LogP contribution in [0.1, 0.15) is 5.56 Å². The van der Waals surface area contributed by atoms with Crippen molar-refractivity contribution in [1.82, 2.24) is 10.2 Å². The van der Waals surface area contributed by atoms with Crippen molar-refractivity contribution >= 4 is 23.1 Å². The maximum absolute atomic E-state index is 4.26. The number of benzene rings is 2. The smallest absolute Gasteiger partial charge is 0.137 e. The monoisotopic (exact) mass is 284 g/mol. The lowest BCUT2D eigenvalue weighted by molar-refractivity contribution is 1.01. The molecular weight excluding hydrogens is 272 g/mol. The van der Waals surface area contributed by atoms with Crippen LogP contribution in [0.25, 0.3) is 10.6 Å². The Kier molecular flexibility index (Phi) is 3.62. The Balaban J connectivity index is 1.82. The van der Waals surface area contributed by atoms with Gasteiger partial charge < -0.3 is 0 Å². The second-order valence-corrected chi connectivity index (χ2v) is 6.45. The standard InChI is InChI=1S/C15H12N2S2/c1-11-7-9-12(10-8-11)14-16-17-15(19-14)18-13-5-3-2-4-6-13/h2-10H,1H3. The molecule has 0 spiro atoms. The third-order valence-electron chi connectivity index (χ3n) is 2.65. The van der Waals surface area contributed by atoms with Crippen molar-refractivity contribution in [2.24, 2.45) is 0 Å². The molecule has 0 N–H and O–H groups in total. The minimum absolute atomic E-state index is 0.971. The number of aromatic nitrogens is 2. The van der Waals surface area contributed by atoms with Gasteiger partial charge >= 0.3 is 0 Å². The van der Waals surface area contributed by atoms with E-state index in [1.165, 1.54) is 10.5 Å². The molecule has 0 bridgehead atoms. The molecule has 1 heterocycles. The third kappa shape index (κ3) is 3.03. The normalized spacial score (nSPS) is 10.6.